The van der Waals surface area contributed by atoms with Gasteiger partial charge in [0, 0.05) is 13.1 Å². The van der Waals surface area contributed by atoms with Gasteiger partial charge in [0.2, 0.25) is 5.91 Å². The molecule has 0 spiro atoms. The predicted octanol–water partition coefficient (Wildman–Crippen LogP) is 3.20. The van der Waals surface area contributed by atoms with Gasteiger partial charge in [0.05, 0.1) is 17.3 Å². The van der Waals surface area contributed by atoms with Gasteiger partial charge in [0.25, 0.3) is 0 Å². The first kappa shape index (κ1) is 14.0. The number of nitrogens with zero attached hydrogens (tertiary/aromatic N) is 2. The molecule has 1 saturated carbocycles. The molecule has 0 bridgehead atoms. The van der Waals surface area contributed by atoms with E-state index in [2.05, 4.69) is 15.2 Å². The van der Waals surface area contributed by atoms with Crippen molar-refractivity contribution in [3.05, 3.63) is 18.3 Å². The third kappa shape index (κ3) is 2.35. The van der Waals surface area contributed by atoms with Gasteiger partial charge < -0.3 is 10.2 Å². The fourth-order valence-electron chi connectivity index (χ4n) is 2.51. The highest BCUT2D eigenvalue weighted by molar-refractivity contribution is 6.53. The number of hydrogen-bond acceptors (Lipinski definition) is 3. The number of nitrogens with one attached hydrogen (secondary N) is 1. The Labute approximate surface area is 128 Å². The van der Waals surface area contributed by atoms with E-state index in [0.717, 1.165) is 18.9 Å². The Balaban J connectivity index is 1.65. The standard InChI is InChI=1S/C14H17Cl2N3O/c1-13(9-14(13,15)16)12(20)18-10-4-5-11(17-8-10)19-6-2-3-7-19/h4-5,8H,2-3,6-7,9H2,1H3,(H,18,20). The number of pyridine rings is 1. The third-order valence-electron chi connectivity index (χ3n) is 4.19. The summed E-state index contributed by atoms with van der Waals surface area (Å²) in [6.45, 7) is 3.88. The van der Waals surface area contributed by atoms with E-state index in [1.54, 1.807) is 13.1 Å². The second-order valence-corrected chi connectivity index (χ2v) is 7.25. The summed E-state index contributed by atoms with van der Waals surface area (Å²) < 4.78 is -0.944. The molecule has 1 aromatic heterocycles. The van der Waals surface area contributed by atoms with Crippen molar-refractivity contribution in [3.8, 4) is 0 Å². The number of alkyl halides is 2. The SMILES string of the molecule is CC1(C(=O)Nc2ccc(N3CCCC3)nc2)CC1(Cl)Cl. The molecule has 6 heteroatoms. The van der Waals surface area contributed by atoms with Crippen molar-refractivity contribution in [1.29, 1.82) is 0 Å². The molecule has 1 aromatic rings. The lowest BCUT2D eigenvalue weighted by atomic mass is 10.1. The molecule has 2 fully saturated rings. The maximum Gasteiger partial charge on any atom is 0.233 e. The molecule has 1 saturated heterocycles. The van der Waals surface area contributed by atoms with Crippen molar-refractivity contribution in [3.63, 3.8) is 0 Å². The maximum atomic E-state index is 12.1. The number of hydrogen-bond donors (Lipinski definition) is 1. The zero-order valence-corrected chi connectivity index (χ0v) is 12.8. The number of anilines is 2. The normalized spacial score (nSPS) is 27.4. The molecule has 0 radical (unpaired) electrons. The van der Waals surface area contributed by atoms with Crippen LogP contribution in [-0.4, -0.2) is 28.3 Å². The van der Waals surface area contributed by atoms with Gasteiger partial charge in [-0.15, -0.1) is 23.2 Å². The minimum Gasteiger partial charge on any atom is -0.357 e. The highest BCUT2D eigenvalue weighted by Crippen LogP contribution is 2.64. The van der Waals surface area contributed by atoms with Crippen molar-refractivity contribution in [1.82, 2.24) is 4.98 Å². The molecule has 1 N–H and O–H groups in total. The summed E-state index contributed by atoms with van der Waals surface area (Å²) in [4.78, 5) is 18.8. The second kappa shape index (κ2) is 4.78. The average molecular weight is 314 g/mol. The van der Waals surface area contributed by atoms with Gasteiger partial charge in [0.15, 0.2) is 0 Å². The first-order valence-electron chi connectivity index (χ1n) is 6.83. The Kier molecular flexibility index (Phi) is 3.33. The van der Waals surface area contributed by atoms with Crippen LogP contribution in [0.2, 0.25) is 0 Å². The molecule has 4 nitrogen and oxygen atoms in total. The first-order valence-corrected chi connectivity index (χ1v) is 7.58. The van der Waals surface area contributed by atoms with Crippen molar-refractivity contribution >= 4 is 40.6 Å². The van der Waals surface area contributed by atoms with Gasteiger partial charge in [-0.05, 0) is 38.3 Å². The number of carbonyl (C=O) groups excluding carboxylic acids is 1. The lowest BCUT2D eigenvalue weighted by Gasteiger charge is -2.17. The topological polar surface area (TPSA) is 45.2 Å². The van der Waals surface area contributed by atoms with Gasteiger partial charge in [0.1, 0.15) is 10.2 Å². The van der Waals surface area contributed by atoms with Crippen LogP contribution in [0, 0.1) is 5.41 Å². The van der Waals surface area contributed by atoms with Crippen LogP contribution >= 0.6 is 23.2 Å². The monoisotopic (exact) mass is 313 g/mol. The zero-order chi connectivity index (χ0) is 14.4. The van der Waals surface area contributed by atoms with Crippen molar-refractivity contribution in [2.24, 2.45) is 5.41 Å². The fourth-order valence-corrected chi connectivity index (χ4v) is 3.21. The number of rotatable bonds is 3. The Hall–Kier alpha value is -1.00. The van der Waals surface area contributed by atoms with Crippen LogP contribution in [0.15, 0.2) is 18.3 Å². The Morgan fingerprint density at radius 1 is 1.35 bits per heavy atom. The number of amides is 1. The van der Waals surface area contributed by atoms with E-state index < -0.39 is 9.75 Å². The van der Waals surface area contributed by atoms with Crippen LogP contribution in [0.4, 0.5) is 11.5 Å². The van der Waals surface area contributed by atoms with Gasteiger partial charge in [-0.1, -0.05) is 0 Å². The van der Waals surface area contributed by atoms with Crippen molar-refractivity contribution in [2.45, 2.75) is 30.5 Å². The van der Waals surface area contributed by atoms with Gasteiger partial charge in [-0.25, -0.2) is 4.98 Å². The smallest absolute Gasteiger partial charge is 0.233 e. The molecule has 20 heavy (non-hydrogen) atoms. The van der Waals surface area contributed by atoms with E-state index in [0.29, 0.717) is 12.1 Å². The molecule has 1 aliphatic carbocycles. The van der Waals surface area contributed by atoms with Gasteiger partial charge in [-0.3, -0.25) is 4.79 Å². The maximum absolute atomic E-state index is 12.1. The predicted molar refractivity (Wildman–Crippen MR) is 81.5 cm³/mol. The zero-order valence-electron chi connectivity index (χ0n) is 11.3. The molecule has 1 amide bonds. The number of aromatic nitrogens is 1. The van der Waals surface area contributed by atoms with Crippen LogP contribution in [-0.2, 0) is 4.79 Å². The third-order valence-corrected chi connectivity index (χ3v) is 5.30. The molecule has 2 heterocycles. The van der Waals surface area contributed by atoms with Crippen LogP contribution in [0.3, 0.4) is 0 Å². The summed E-state index contributed by atoms with van der Waals surface area (Å²) in [5.41, 5.74) is -0.0285. The van der Waals surface area contributed by atoms with E-state index >= 15 is 0 Å². The second-order valence-electron chi connectivity index (χ2n) is 5.77. The highest BCUT2D eigenvalue weighted by Gasteiger charge is 2.67. The molecule has 1 unspecified atom stereocenters. The minimum atomic E-state index is -0.944. The van der Waals surface area contributed by atoms with Crippen molar-refractivity contribution in [2.75, 3.05) is 23.3 Å². The summed E-state index contributed by atoms with van der Waals surface area (Å²) in [6.07, 6.45) is 4.59. The van der Waals surface area contributed by atoms with Crippen LogP contribution in [0.5, 0.6) is 0 Å². The fraction of sp³-hybridized carbons (Fsp3) is 0.571. The summed E-state index contributed by atoms with van der Waals surface area (Å²) >= 11 is 12.0. The summed E-state index contributed by atoms with van der Waals surface area (Å²) in [7, 11) is 0. The molecule has 108 valence electrons. The molecule has 1 aliphatic heterocycles. The molecule has 2 aliphatic rings. The lowest BCUT2D eigenvalue weighted by molar-refractivity contribution is -0.120. The summed E-state index contributed by atoms with van der Waals surface area (Å²) in [6, 6.07) is 3.80. The van der Waals surface area contributed by atoms with Crippen LogP contribution in [0.1, 0.15) is 26.2 Å². The van der Waals surface area contributed by atoms with E-state index in [1.807, 2.05) is 12.1 Å². The molecular weight excluding hydrogens is 297 g/mol. The van der Waals surface area contributed by atoms with E-state index in [-0.39, 0.29) is 5.91 Å². The minimum absolute atomic E-state index is 0.154. The lowest BCUT2D eigenvalue weighted by Crippen LogP contribution is -2.26. The van der Waals surface area contributed by atoms with Gasteiger partial charge >= 0.3 is 0 Å². The van der Waals surface area contributed by atoms with Crippen LogP contribution in [0.25, 0.3) is 0 Å². The highest BCUT2D eigenvalue weighted by atomic mass is 35.5. The largest absolute Gasteiger partial charge is 0.357 e. The average Bonchev–Trinajstić information content (AvgIpc) is 2.83. The molecular formula is C14H17Cl2N3O. The van der Waals surface area contributed by atoms with E-state index in [9.17, 15) is 4.79 Å². The quantitative estimate of drug-likeness (QED) is 0.872. The molecule has 3 rings (SSSR count). The van der Waals surface area contributed by atoms with Crippen LogP contribution < -0.4 is 10.2 Å². The number of carbonyl (C=O) groups is 1. The summed E-state index contributed by atoms with van der Waals surface area (Å²) in [5.74, 6) is 0.806. The Morgan fingerprint density at radius 2 is 2.00 bits per heavy atom. The number of halogens is 2. The van der Waals surface area contributed by atoms with Crippen molar-refractivity contribution < 1.29 is 4.79 Å². The Bertz CT molecular complexity index is 526. The molecule has 1 atom stereocenters. The van der Waals surface area contributed by atoms with E-state index in [4.69, 9.17) is 23.2 Å². The summed E-state index contributed by atoms with van der Waals surface area (Å²) in [5, 5.41) is 2.83. The van der Waals surface area contributed by atoms with E-state index in [1.165, 1.54) is 12.8 Å². The Morgan fingerprint density at radius 3 is 2.50 bits per heavy atom. The first-order chi connectivity index (χ1) is 9.42. The molecule has 0 aromatic carbocycles. The van der Waals surface area contributed by atoms with Gasteiger partial charge in [-0.2, -0.15) is 0 Å².